The second kappa shape index (κ2) is 9.34. The molecule has 1 atom stereocenters. The first-order chi connectivity index (χ1) is 17.0. The lowest BCUT2D eigenvalue weighted by molar-refractivity contribution is -0.145. The summed E-state index contributed by atoms with van der Waals surface area (Å²) in [4.78, 5) is 41.2. The van der Waals surface area contributed by atoms with E-state index in [4.69, 9.17) is 4.74 Å². The number of pyridine rings is 1. The number of esters is 1. The predicted octanol–water partition coefficient (Wildman–Crippen LogP) is 3.01. The van der Waals surface area contributed by atoms with Gasteiger partial charge in [0.15, 0.2) is 5.82 Å². The zero-order chi connectivity index (χ0) is 24.4. The zero-order valence-corrected chi connectivity index (χ0v) is 18.7. The molecule has 1 aromatic carbocycles. The minimum atomic E-state index is -0.824. The number of ether oxygens (including phenoxy) is 1. The van der Waals surface area contributed by atoms with Crippen molar-refractivity contribution in [3.8, 4) is 11.4 Å². The van der Waals surface area contributed by atoms with Crippen molar-refractivity contribution in [3.05, 3.63) is 78.6 Å². The third-order valence-corrected chi connectivity index (χ3v) is 5.66. The normalized spacial score (nSPS) is 12.1. The Morgan fingerprint density at radius 3 is 2.80 bits per heavy atom. The molecule has 0 saturated carbocycles. The van der Waals surface area contributed by atoms with E-state index in [-0.39, 0.29) is 12.5 Å². The van der Waals surface area contributed by atoms with E-state index in [9.17, 15) is 14.0 Å². The fourth-order valence-electron chi connectivity index (χ4n) is 3.97. The first kappa shape index (κ1) is 22.2. The molecule has 4 aromatic heterocycles. The number of halogens is 1. The molecule has 1 amide bonds. The maximum atomic E-state index is 13.7. The number of hydrogen-bond donors (Lipinski definition) is 2. The average molecular weight is 472 g/mol. The van der Waals surface area contributed by atoms with Gasteiger partial charge in [0.1, 0.15) is 29.7 Å². The lowest BCUT2D eigenvalue weighted by atomic mass is 10.1. The zero-order valence-electron chi connectivity index (χ0n) is 18.7. The summed E-state index contributed by atoms with van der Waals surface area (Å²) in [6.07, 6.45) is 6.48. The van der Waals surface area contributed by atoms with Gasteiger partial charge in [-0.25, -0.2) is 24.1 Å². The molecule has 0 fully saturated rings. The van der Waals surface area contributed by atoms with Gasteiger partial charge in [-0.1, -0.05) is 30.3 Å². The maximum Gasteiger partial charge on any atom is 0.328 e. The van der Waals surface area contributed by atoms with Crippen molar-refractivity contribution in [2.24, 2.45) is 0 Å². The number of nitrogens with zero attached hydrogens (tertiary/aromatic N) is 4. The van der Waals surface area contributed by atoms with Crippen LogP contribution in [0.2, 0.25) is 0 Å². The number of nitrogens with one attached hydrogen (secondary N) is 2. The number of benzene rings is 1. The number of carbonyl (C=O) groups is 2. The van der Waals surface area contributed by atoms with Gasteiger partial charge in [-0.3, -0.25) is 4.79 Å². The van der Waals surface area contributed by atoms with Gasteiger partial charge >= 0.3 is 5.97 Å². The SMILES string of the molecule is COC(=O)[C@H](Cc1ccccc1)NC(=O)Cn1ccc2cnc(-c3c[nH]c4ncc(F)cc34)nc21. The number of H-pyrrole nitrogens is 1. The highest BCUT2D eigenvalue weighted by molar-refractivity contribution is 5.92. The smallest absolute Gasteiger partial charge is 0.328 e. The van der Waals surface area contributed by atoms with Crippen LogP contribution < -0.4 is 5.32 Å². The Labute approximate surface area is 199 Å². The topological polar surface area (TPSA) is 115 Å². The van der Waals surface area contributed by atoms with Gasteiger partial charge in [-0.15, -0.1) is 0 Å². The summed E-state index contributed by atoms with van der Waals surface area (Å²) >= 11 is 0. The summed E-state index contributed by atoms with van der Waals surface area (Å²) in [5.41, 5.74) is 2.55. The lowest BCUT2D eigenvalue weighted by Crippen LogP contribution is -2.44. The fraction of sp³-hybridized carbons (Fsp3) is 0.160. The molecule has 0 radical (unpaired) electrons. The minimum Gasteiger partial charge on any atom is -0.467 e. The Bertz CT molecular complexity index is 1530. The second-order valence-electron chi connectivity index (χ2n) is 8.00. The van der Waals surface area contributed by atoms with Crippen LogP contribution in [0.5, 0.6) is 0 Å². The maximum absolute atomic E-state index is 13.7. The Kier molecular flexibility index (Phi) is 5.92. The van der Waals surface area contributed by atoms with E-state index < -0.39 is 17.8 Å². The largest absolute Gasteiger partial charge is 0.467 e. The molecular formula is C25H21FN6O3. The van der Waals surface area contributed by atoms with Crippen molar-refractivity contribution in [3.63, 3.8) is 0 Å². The molecule has 0 unspecified atom stereocenters. The van der Waals surface area contributed by atoms with Gasteiger partial charge in [0.05, 0.1) is 13.3 Å². The summed E-state index contributed by atoms with van der Waals surface area (Å²) in [6, 6.07) is 11.7. The molecule has 35 heavy (non-hydrogen) atoms. The molecule has 0 spiro atoms. The number of aromatic amines is 1. The molecule has 5 rings (SSSR count). The first-order valence-corrected chi connectivity index (χ1v) is 10.9. The number of hydrogen-bond acceptors (Lipinski definition) is 6. The summed E-state index contributed by atoms with van der Waals surface area (Å²) in [6.45, 7) is -0.0632. The molecule has 0 aliphatic heterocycles. The second-order valence-corrected chi connectivity index (χ2v) is 8.00. The quantitative estimate of drug-likeness (QED) is 0.352. The predicted molar refractivity (Wildman–Crippen MR) is 127 cm³/mol. The number of methoxy groups -OCH3 is 1. The van der Waals surface area contributed by atoms with E-state index >= 15 is 0 Å². The average Bonchev–Trinajstić information content (AvgIpc) is 3.47. The lowest BCUT2D eigenvalue weighted by Gasteiger charge is -2.17. The van der Waals surface area contributed by atoms with Crippen molar-refractivity contribution in [1.29, 1.82) is 0 Å². The molecule has 0 aliphatic carbocycles. The molecule has 4 heterocycles. The Balaban J connectivity index is 1.39. The van der Waals surface area contributed by atoms with Gasteiger partial charge in [-0.2, -0.15) is 0 Å². The van der Waals surface area contributed by atoms with Gasteiger partial charge in [0, 0.05) is 41.3 Å². The third kappa shape index (κ3) is 4.58. The monoisotopic (exact) mass is 472 g/mol. The van der Waals surface area contributed by atoms with Crippen LogP contribution in [-0.2, 0) is 27.3 Å². The molecule has 0 saturated heterocycles. The summed E-state index contributed by atoms with van der Waals surface area (Å²) in [5.74, 6) is -0.986. The van der Waals surface area contributed by atoms with Crippen molar-refractivity contribution >= 4 is 33.9 Å². The van der Waals surface area contributed by atoms with Crippen LogP contribution in [0.4, 0.5) is 4.39 Å². The van der Waals surface area contributed by atoms with Crippen LogP contribution in [0.3, 0.4) is 0 Å². The molecule has 176 valence electrons. The van der Waals surface area contributed by atoms with E-state index in [2.05, 4.69) is 25.3 Å². The highest BCUT2D eigenvalue weighted by Gasteiger charge is 2.22. The number of aromatic nitrogens is 5. The first-order valence-electron chi connectivity index (χ1n) is 10.9. The van der Waals surface area contributed by atoms with Gasteiger partial charge in [-0.05, 0) is 17.7 Å². The van der Waals surface area contributed by atoms with Crippen LogP contribution in [0.25, 0.3) is 33.5 Å². The summed E-state index contributed by atoms with van der Waals surface area (Å²) in [7, 11) is 1.29. The van der Waals surface area contributed by atoms with E-state index in [1.54, 1.807) is 29.2 Å². The van der Waals surface area contributed by atoms with Crippen LogP contribution in [0.1, 0.15) is 5.56 Å². The van der Waals surface area contributed by atoms with E-state index in [1.165, 1.54) is 13.2 Å². The number of amides is 1. The van der Waals surface area contributed by atoms with Crippen LogP contribution >= 0.6 is 0 Å². The Hall–Kier alpha value is -4.60. The fourth-order valence-corrected chi connectivity index (χ4v) is 3.97. The van der Waals surface area contributed by atoms with Crippen LogP contribution in [0, 0.1) is 5.82 Å². The Morgan fingerprint density at radius 1 is 1.17 bits per heavy atom. The third-order valence-electron chi connectivity index (χ3n) is 5.66. The van der Waals surface area contributed by atoms with E-state index in [0.29, 0.717) is 34.5 Å². The van der Waals surface area contributed by atoms with Crippen molar-refractivity contribution in [2.75, 3.05) is 7.11 Å². The number of fused-ring (bicyclic) bond motifs is 2. The summed E-state index contributed by atoms with van der Waals surface area (Å²) in [5, 5.41) is 4.05. The molecule has 9 nitrogen and oxygen atoms in total. The molecule has 5 aromatic rings. The van der Waals surface area contributed by atoms with Gasteiger partial charge in [0.2, 0.25) is 5.91 Å². The Morgan fingerprint density at radius 2 is 2.00 bits per heavy atom. The van der Waals surface area contributed by atoms with Crippen LogP contribution in [-0.4, -0.2) is 49.5 Å². The van der Waals surface area contributed by atoms with Crippen molar-refractivity contribution < 1.29 is 18.7 Å². The minimum absolute atomic E-state index is 0.0632. The van der Waals surface area contributed by atoms with Gasteiger partial charge in [0.25, 0.3) is 0 Å². The molecule has 0 aliphatic rings. The molecule has 10 heteroatoms. The van der Waals surface area contributed by atoms with Gasteiger partial charge < -0.3 is 19.6 Å². The number of carbonyl (C=O) groups excluding carboxylic acids is 2. The standard InChI is InChI=1S/C25H21FN6O3/c1-35-25(34)20(9-15-5-3-2-4-6-15)30-21(33)14-32-8-7-16-11-27-23(31-24(16)32)19-13-29-22-18(19)10-17(26)12-28-22/h2-8,10-13,20H,9,14H2,1H3,(H,28,29)(H,30,33)/t20-/m0/s1. The van der Waals surface area contributed by atoms with Crippen LogP contribution in [0.15, 0.2) is 67.3 Å². The summed E-state index contributed by atoms with van der Waals surface area (Å²) < 4.78 is 20.3. The van der Waals surface area contributed by atoms with E-state index in [1.807, 2.05) is 30.3 Å². The molecule has 0 bridgehead atoms. The number of rotatable bonds is 7. The molecule has 2 N–H and O–H groups in total. The highest BCUT2D eigenvalue weighted by atomic mass is 19.1. The highest BCUT2D eigenvalue weighted by Crippen LogP contribution is 2.26. The van der Waals surface area contributed by atoms with Crippen molar-refractivity contribution in [1.82, 2.24) is 29.8 Å². The molecular weight excluding hydrogens is 451 g/mol. The van der Waals surface area contributed by atoms with Crippen molar-refractivity contribution in [2.45, 2.75) is 19.0 Å². The van der Waals surface area contributed by atoms with E-state index in [0.717, 1.165) is 17.1 Å².